The van der Waals surface area contributed by atoms with Crippen LogP contribution in [0.5, 0.6) is 0 Å². The van der Waals surface area contributed by atoms with Crippen molar-refractivity contribution in [1.29, 1.82) is 0 Å². The molecule has 3 heterocycles. The van der Waals surface area contributed by atoms with Crippen molar-refractivity contribution in [3.05, 3.63) is 34.9 Å². The van der Waals surface area contributed by atoms with Gasteiger partial charge in [0.25, 0.3) is 0 Å². The summed E-state index contributed by atoms with van der Waals surface area (Å²) in [5.74, 6) is 0.896. The number of rotatable bonds is 3. The van der Waals surface area contributed by atoms with Crippen molar-refractivity contribution < 1.29 is 0 Å². The van der Waals surface area contributed by atoms with Crippen molar-refractivity contribution in [1.82, 2.24) is 10.2 Å². The number of nitrogens with zero attached hydrogens (tertiary/aromatic N) is 1. The number of halogens is 1. The molecule has 1 aromatic rings. The van der Waals surface area contributed by atoms with E-state index in [1.807, 2.05) is 12.1 Å². The number of hydrogen-bond acceptors (Lipinski definition) is 2. The summed E-state index contributed by atoms with van der Waals surface area (Å²) in [5.41, 5.74) is 1.32. The van der Waals surface area contributed by atoms with Crippen LogP contribution in [0.3, 0.4) is 0 Å². The largest absolute Gasteiger partial charge is 0.308 e. The van der Waals surface area contributed by atoms with E-state index in [-0.39, 0.29) is 0 Å². The molecule has 2 nitrogen and oxygen atoms in total. The quantitative estimate of drug-likeness (QED) is 0.887. The Balaban J connectivity index is 1.56. The fraction of sp³-hybridized carbons (Fsp3) is 0.571. The minimum atomic E-state index is 0.688. The second kappa shape index (κ2) is 4.97. The standard InChI is InChI=1S/C14H19ClN2/c15-13-3-1-11(2-4-13)9-16-14-10-17-7-5-12(14)6-8-17/h1-4,12,14,16H,5-10H2/t14-/m0/s1. The van der Waals surface area contributed by atoms with Crippen LogP contribution in [0.25, 0.3) is 0 Å². The predicted octanol–water partition coefficient (Wildman–Crippen LogP) is 2.52. The molecular weight excluding hydrogens is 232 g/mol. The van der Waals surface area contributed by atoms with Crippen molar-refractivity contribution in [3.63, 3.8) is 0 Å². The Morgan fingerprint density at radius 3 is 2.47 bits per heavy atom. The fourth-order valence-corrected chi connectivity index (χ4v) is 3.17. The van der Waals surface area contributed by atoms with E-state index in [1.165, 1.54) is 38.0 Å². The molecule has 4 rings (SSSR count). The Morgan fingerprint density at radius 1 is 1.18 bits per heavy atom. The van der Waals surface area contributed by atoms with Crippen LogP contribution in [0.2, 0.25) is 5.02 Å². The van der Waals surface area contributed by atoms with E-state index in [0.29, 0.717) is 6.04 Å². The average Bonchev–Trinajstić information content (AvgIpc) is 2.39. The van der Waals surface area contributed by atoms with E-state index >= 15 is 0 Å². The van der Waals surface area contributed by atoms with Crippen LogP contribution in [0.15, 0.2) is 24.3 Å². The van der Waals surface area contributed by atoms with E-state index in [1.54, 1.807) is 0 Å². The Morgan fingerprint density at radius 2 is 1.88 bits per heavy atom. The molecule has 0 aromatic heterocycles. The summed E-state index contributed by atoms with van der Waals surface area (Å²) in [4.78, 5) is 2.58. The number of piperidine rings is 3. The maximum Gasteiger partial charge on any atom is 0.0406 e. The van der Waals surface area contributed by atoms with Gasteiger partial charge in [-0.3, -0.25) is 0 Å². The van der Waals surface area contributed by atoms with E-state index < -0.39 is 0 Å². The zero-order valence-electron chi connectivity index (χ0n) is 10.0. The highest BCUT2D eigenvalue weighted by molar-refractivity contribution is 6.30. The van der Waals surface area contributed by atoms with Gasteiger partial charge in [0, 0.05) is 24.2 Å². The van der Waals surface area contributed by atoms with E-state index in [0.717, 1.165) is 17.5 Å². The molecule has 1 atom stereocenters. The second-order valence-corrected chi connectivity index (χ2v) is 5.69. The maximum atomic E-state index is 5.88. The lowest BCUT2D eigenvalue weighted by molar-refractivity contribution is 0.0720. The number of hydrogen-bond donors (Lipinski definition) is 1. The number of benzene rings is 1. The molecule has 0 amide bonds. The lowest BCUT2D eigenvalue weighted by Crippen LogP contribution is -2.55. The zero-order valence-corrected chi connectivity index (χ0v) is 10.8. The molecule has 2 bridgehead atoms. The van der Waals surface area contributed by atoms with Crippen LogP contribution in [0, 0.1) is 5.92 Å². The molecule has 3 heteroatoms. The Labute approximate surface area is 108 Å². The Kier molecular flexibility index (Phi) is 3.37. The molecule has 0 aliphatic carbocycles. The zero-order chi connectivity index (χ0) is 11.7. The molecule has 1 N–H and O–H groups in total. The van der Waals surface area contributed by atoms with Gasteiger partial charge in [-0.15, -0.1) is 0 Å². The molecule has 3 aliphatic rings. The first-order valence-corrected chi connectivity index (χ1v) is 6.89. The lowest BCUT2D eigenvalue weighted by Gasteiger charge is -2.45. The van der Waals surface area contributed by atoms with Crippen LogP contribution in [-0.2, 0) is 6.54 Å². The lowest BCUT2D eigenvalue weighted by atomic mass is 9.84. The minimum absolute atomic E-state index is 0.688. The van der Waals surface area contributed by atoms with Crippen LogP contribution in [0.4, 0.5) is 0 Å². The SMILES string of the molecule is Clc1ccc(CN[C@H]2CN3CCC2CC3)cc1. The van der Waals surface area contributed by atoms with Gasteiger partial charge in [-0.2, -0.15) is 0 Å². The molecule has 0 saturated carbocycles. The summed E-state index contributed by atoms with van der Waals surface area (Å²) in [6.45, 7) is 4.82. The van der Waals surface area contributed by atoms with Crippen LogP contribution >= 0.6 is 11.6 Å². The van der Waals surface area contributed by atoms with Gasteiger partial charge in [-0.1, -0.05) is 23.7 Å². The molecule has 0 radical (unpaired) electrons. The van der Waals surface area contributed by atoms with Gasteiger partial charge in [0.1, 0.15) is 0 Å². The molecule has 92 valence electrons. The first kappa shape index (κ1) is 11.5. The summed E-state index contributed by atoms with van der Waals surface area (Å²) < 4.78 is 0. The molecular formula is C14H19ClN2. The highest BCUT2D eigenvalue weighted by Crippen LogP contribution is 2.27. The summed E-state index contributed by atoms with van der Waals surface area (Å²) >= 11 is 5.88. The van der Waals surface area contributed by atoms with Crippen molar-refractivity contribution in [2.24, 2.45) is 5.92 Å². The number of fused-ring (bicyclic) bond motifs is 3. The van der Waals surface area contributed by atoms with Crippen molar-refractivity contribution >= 4 is 11.6 Å². The summed E-state index contributed by atoms with van der Waals surface area (Å²) in [6, 6.07) is 8.84. The summed E-state index contributed by atoms with van der Waals surface area (Å²) in [7, 11) is 0. The second-order valence-electron chi connectivity index (χ2n) is 5.25. The molecule has 0 spiro atoms. The highest BCUT2D eigenvalue weighted by atomic mass is 35.5. The van der Waals surface area contributed by atoms with Crippen molar-refractivity contribution in [2.75, 3.05) is 19.6 Å². The molecule has 0 unspecified atom stereocenters. The third kappa shape index (κ3) is 2.65. The molecule has 3 saturated heterocycles. The monoisotopic (exact) mass is 250 g/mol. The van der Waals surface area contributed by atoms with E-state index in [9.17, 15) is 0 Å². The van der Waals surface area contributed by atoms with Crippen molar-refractivity contribution in [3.8, 4) is 0 Å². The third-order valence-electron chi connectivity index (χ3n) is 4.14. The molecule has 3 aliphatic heterocycles. The minimum Gasteiger partial charge on any atom is -0.308 e. The smallest absolute Gasteiger partial charge is 0.0406 e. The maximum absolute atomic E-state index is 5.88. The first-order valence-electron chi connectivity index (χ1n) is 6.51. The van der Waals surface area contributed by atoms with Gasteiger partial charge < -0.3 is 10.2 Å². The molecule has 1 aromatic carbocycles. The molecule has 3 fully saturated rings. The molecule has 17 heavy (non-hydrogen) atoms. The fourth-order valence-electron chi connectivity index (χ4n) is 3.05. The normalized spacial score (nSPS) is 31.7. The van der Waals surface area contributed by atoms with E-state index in [2.05, 4.69) is 22.3 Å². The third-order valence-corrected chi connectivity index (χ3v) is 4.39. The topological polar surface area (TPSA) is 15.3 Å². The van der Waals surface area contributed by atoms with Gasteiger partial charge >= 0.3 is 0 Å². The van der Waals surface area contributed by atoms with Crippen molar-refractivity contribution in [2.45, 2.75) is 25.4 Å². The van der Waals surface area contributed by atoms with Gasteiger partial charge in [-0.25, -0.2) is 0 Å². The highest BCUT2D eigenvalue weighted by Gasteiger charge is 2.33. The Bertz CT molecular complexity index is 368. The Hall–Kier alpha value is -0.570. The van der Waals surface area contributed by atoms with Gasteiger partial charge in [0.05, 0.1) is 0 Å². The van der Waals surface area contributed by atoms with Gasteiger partial charge in [0.15, 0.2) is 0 Å². The van der Waals surface area contributed by atoms with Crippen LogP contribution in [-0.4, -0.2) is 30.6 Å². The van der Waals surface area contributed by atoms with Gasteiger partial charge in [0.2, 0.25) is 0 Å². The van der Waals surface area contributed by atoms with Crippen LogP contribution < -0.4 is 5.32 Å². The van der Waals surface area contributed by atoms with Gasteiger partial charge in [-0.05, 0) is 49.5 Å². The number of nitrogens with one attached hydrogen (secondary N) is 1. The average molecular weight is 251 g/mol. The van der Waals surface area contributed by atoms with Crippen LogP contribution in [0.1, 0.15) is 18.4 Å². The first-order chi connectivity index (χ1) is 8.31. The predicted molar refractivity (Wildman–Crippen MR) is 71.2 cm³/mol. The van der Waals surface area contributed by atoms with E-state index in [4.69, 9.17) is 11.6 Å². The summed E-state index contributed by atoms with van der Waals surface area (Å²) in [5, 5.41) is 4.52. The summed E-state index contributed by atoms with van der Waals surface area (Å²) in [6.07, 6.45) is 2.75.